The zero-order valence-corrected chi connectivity index (χ0v) is 13.2. The van der Waals surface area contributed by atoms with Crippen LogP contribution in [0.2, 0.25) is 0 Å². The van der Waals surface area contributed by atoms with Gasteiger partial charge < -0.3 is 15.0 Å². The normalized spacial score (nSPS) is 21.7. The number of aromatic amines is 1. The molecule has 2 fully saturated rings. The maximum atomic E-state index is 11.3. The molecule has 2 aromatic rings. The van der Waals surface area contributed by atoms with Crippen molar-refractivity contribution in [2.24, 2.45) is 5.92 Å². The standard InChI is InChI=1S/C19H22N2O2/c22-17(23)10-14(11-1-2-11)13-3-4-16-15(9-13)18-12-5-7-21(8-6-12)19(18)20-16/h3-4,9,11-12,14,20H,1-2,5-8,10H2,(H,22,23). The highest BCUT2D eigenvalue weighted by molar-refractivity contribution is 5.91. The predicted octanol–water partition coefficient (Wildman–Crippen LogP) is 3.83. The van der Waals surface area contributed by atoms with Crippen molar-refractivity contribution in [3.05, 3.63) is 29.3 Å². The Balaban J connectivity index is 1.61. The number of anilines is 1. The molecule has 6 rings (SSSR count). The number of carbonyl (C=O) groups is 1. The summed E-state index contributed by atoms with van der Waals surface area (Å²) in [5, 5.41) is 10.6. The van der Waals surface area contributed by atoms with Crippen LogP contribution in [0.5, 0.6) is 0 Å². The van der Waals surface area contributed by atoms with Gasteiger partial charge in [-0.1, -0.05) is 6.07 Å². The van der Waals surface area contributed by atoms with Gasteiger partial charge in [-0.05, 0) is 61.1 Å². The first kappa shape index (κ1) is 13.5. The van der Waals surface area contributed by atoms with Crippen LogP contribution in [-0.4, -0.2) is 29.1 Å². The van der Waals surface area contributed by atoms with E-state index in [2.05, 4.69) is 28.1 Å². The van der Waals surface area contributed by atoms with E-state index < -0.39 is 5.97 Å². The van der Waals surface area contributed by atoms with Crippen molar-refractivity contribution in [2.45, 2.75) is 43.9 Å². The summed E-state index contributed by atoms with van der Waals surface area (Å²) in [7, 11) is 0. The van der Waals surface area contributed by atoms with Crippen LogP contribution in [0, 0.1) is 5.92 Å². The van der Waals surface area contributed by atoms with E-state index >= 15 is 0 Å². The molecule has 1 saturated heterocycles. The summed E-state index contributed by atoms with van der Waals surface area (Å²) in [5.41, 5.74) is 3.92. The summed E-state index contributed by atoms with van der Waals surface area (Å²) in [6, 6.07) is 6.60. The number of carboxylic acids is 1. The van der Waals surface area contributed by atoms with Gasteiger partial charge in [0.25, 0.3) is 0 Å². The molecular formula is C19H22N2O2. The van der Waals surface area contributed by atoms with Crippen LogP contribution in [0.1, 0.15) is 55.1 Å². The summed E-state index contributed by atoms with van der Waals surface area (Å²) < 4.78 is 0. The third kappa shape index (κ3) is 2.07. The molecule has 0 amide bonds. The largest absolute Gasteiger partial charge is 0.481 e. The van der Waals surface area contributed by atoms with Gasteiger partial charge in [0.2, 0.25) is 0 Å². The molecule has 1 aromatic carbocycles. The summed E-state index contributed by atoms with van der Waals surface area (Å²) in [5.74, 6) is 2.07. The van der Waals surface area contributed by atoms with Gasteiger partial charge >= 0.3 is 5.97 Å². The van der Waals surface area contributed by atoms with Crippen LogP contribution in [0.4, 0.5) is 5.82 Å². The van der Waals surface area contributed by atoms with Gasteiger partial charge in [0.15, 0.2) is 0 Å². The van der Waals surface area contributed by atoms with Crippen LogP contribution in [-0.2, 0) is 4.79 Å². The third-order valence-electron chi connectivity index (χ3n) is 6.08. The Hall–Kier alpha value is -1.97. The molecular weight excluding hydrogens is 288 g/mol. The van der Waals surface area contributed by atoms with Gasteiger partial charge in [0.05, 0.1) is 6.42 Å². The van der Waals surface area contributed by atoms with Crippen LogP contribution in [0.15, 0.2) is 18.2 Å². The van der Waals surface area contributed by atoms with E-state index in [0.717, 1.165) is 0 Å². The van der Waals surface area contributed by atoms with E-state index in [9.17, 15) is 9.90 Å². The second-order valence-electron chi connectivity index (χ2n) is 7.50. The molecule has 0 spiro atoms. The molecule has 0 radical (unpaired) electrons. The Labute approximate surface area is 135 Å². The van der Waals surface area contributed by atoms with Crippen LogP contribution in [0.25, 0.3) is 10.9 Å². The minimum atomic E-state index is -0.678. The topological polar surface area (TPSA) is 56.3 Å². The fourth-order valence-corrected chi connectivity index (χ4v) is 4.74. The Morgan fingerprint density at radius 3 is 2.74 bits per heavy atom. The highest BCUT2D eigenvalue weighted by atomic mass is 16.4. The van der Waals surface area contributed by atoms with Crippen LogP contribution >= 0.6 is 0 Å². The molecule has 2 N–H and O–H groups in total. The Bertz CT molecular complexity index is 782. The number of hydrogen-bond acceptors (Lipinski definition) is 2. The molecule has 4 heterocycles. The van der Waals surface area contributed by atoms with Gasteiger partial charge in [-0.15, -0.1) is 0 Å². The molecule has 2 bridgehead atoms. The average molecular weight is 310 g/mol. The minimum absolute atomic E-state index is 0.184. The van der Waals surface area contributed by atoms with E-state index in [1.165, 1.54) is 66.6 Å². The number of nitrogens with zero attached hydrogens (tertiary/aromatic N) is 1. The molecule has 23 heavy (non-hydrogen) atoms. The molecule has 120 valence electrons. The van der Waals surface area contributed by atoms with E-state index in [0.29, 0.717) is 11.8 Å². The van der Waals surface area contributed by atoms with Crippen molar-refractivity contribution in [2.75, 3.05) is 18.0 Å². The second kappa shape index (κ2) is 4.76. The fraction of sp³-hybridized carbons (Fsp3) is 0.526. The predicted molar refractivity (Wildman–Crippen MR) is 90.2 cm³/mol. The van der Waals surface area contributed by atoms with E-state index in [1.807, 2.05) is 0 Å². The SMILES string of the molecule is O=C(O)CC(c1ccc2[nH]c3c(c2c1)C1CCN3CC1)C1CC1. The van der Waals surface area contributed by atoms with E-state index in [4.69, 9.17) is 0 Å². The van der Waals surface area contributed by atoms with Gasteiger partial charge in [0.1, 0.15) is 5.82 Å². The molecule has 1 saturated carbocycles. The number of fused-ring (bicyclic) bond motifs is 3. The van der Waals surface area contributed by atoms with E-state index in [-0.39, 0.29) is 12.3 Å². The lowest BCUT2D eigenvalue weighted by Crippen LogP contribution is -2.38. The van der Waals surface area contributed by atoms with Crippen LogP contribution < -0.4 is 4.90 Å². The van der Waals surface area contributed by atoms with Crippen molar-refractivity contribution in [3.8, 4) is 0 Å². The maximum absolute atomic E-state index is 11.3. The monoisotopic (exact) mass is 310 g/mol. The first-order valence-corrected chi connectivity index (χ1v) is 8.83. The number of carboxylic acid groups (broad SMARTS) is 1. The van der Waals surface area contributed by atoms with Gasteiger partial charge in [-0.3, -0.25) is 4.79 Å². The Morgan fingerprint density at radius 1 is 1.26 bits per heavy atom. The molecule has 1 atom stereocenters. The number of benzene rings is 1. The number of piperidine rings is 1. The minimum Gasteiger partial charge on any atom is -0.481 e. The summed E-state index contributed by atoms with van der Waals surface area (Å²) in [6.45, 7) is 2.34. The summed E-state index contributed by atoms with van der Waals surface area (Å²) in [6.07, 6.45) is 5.13. The van der Waals surface area contributed by atoms with Gasteiger partial charge in [0, 0.05) is 29.6 Å². The molecule has 3 aliphatic heterocycles. The average Bonchev–Trinajstić information content (AvgIpc) is 3.32. The molecule has 4 nitrogen and oxygen atoms in total. The molecule has 1 aromatic heterocycles. The first-order valence-electron chi connectivity index (χ1n) is 8.83. The number of nitrogens with one attached hydrogen (secondary N) is 1. The third-order valence-corrected chi connectivity index (χ3v) is 6.08. The smallest absolute Gasteiger partial charge is 0.303 e. The lowest BCUT2D eigenvalue weighted by atomic mass is 9.83. The quantitative estimate of drug-likeness (QED) is 0.902. The number of hydrogen-bond donors (Lipinski definition) is 2. The van der Waals surface area contributed by atoms with Gasteiger partial charge in [-0.25, -0.2) is 0 Å². The highest BCUT2D eigenvalue weighted by Crippen LogP contribution is 2.48. The zero-order valence-electron chi connectivity index (χ0n) is 13.2. The van der Waals surface area contributed by atoms with E-state index in [1.54, 1.807) is 0 Å². The number of aliphatic carboxylic acids is 1. The number of aromatic nitrogens is 1. The lowest BCUT2D eigenvalue weighted by molar-refractivity contribution is -0.137. The maximum Gasteiger partial charge on any atom is 0.303 e. The van der Waals surface area contributed by atoms with Crippen molar-refractivity contribution >= 4 is 22.7 Å². The second-order valence-corrected chi connectivity index (χ2v) is 7.50. The zero-order chi connectivity index (χ0) is 15.6. The summed E-state index contributed by atoms with van der Waals surface area (Å²) >= 11 is 0. The molecule has 1 unspecified atom stereocenters. The fourth-order valence-electron chi connectivity index (χ4n) is 4.74. The highest BCUT2D eigenvalue weighted by Gasteiger charge is 2.36. The Kier molecular flexibility index (Phi) is 2.79. The van der Waals surface area contributed by atoms with Crippen molar-refractivity contribution in [3.63, 3.8) is 0 Å². The molecule has 1 aliphatic carbocycles. The van der Waals surface area contributed by atoms with Gasteiger partial charge in [-0.2, -0.15) is 0 Å². The van der Waals surface area contributed by atoms with Crippen molar-refractivity contribution in [1.82, 2.24) is 4.98 Å². The molecule has 4 aliphatic rings. The van der Waals surface area contributed by atoms with Crippen LogP contribution in [0.3, 0.4) is 0 Å². The van der Waals surface area contributed by atoms with Crippen molar-refractivity contribution < 1.29 is 9.90 Å². The summed E-state index contributed by atoms with van der Waals surface area (Å²) in [4.78, 5) is 17.3. The first-order chi connectivity index (χ1) is 11.2. The lowest BCUT2D eigenvalue weighted by Gasteiger charge is -2.40. The van der Waals surface area contributed by atoms with Crippen molar-refractivity contribution in [1.29, 1.82) is 0 Å². The molecule has 4 heteroatoms. The Morgan fingerprint density at radius 2 is 2.04 bits per heavy atom. The number of rotatable bonds is 4. The number of H-pyrrole nitrogens is 1.